The average Bonchev–Trinajstić information content (AvgIpc) is 2.16. The lowest BCUT2D eigenvalue weighted by Gasteiger charge is -2.04. The molecule has 0 aromatic carbocycles. The minimum atomic E-state index is -2.82. The predicted molar refractivity (Wildman–Crippen MR) is 62.6 cm³/mol. The number of unbranched alkanes of at least 4 members (excludes halogenated alkanes) is 2. The summed E-state index contributed by atoms with van der Waals surface area (Å²) >= 11 is 0. The van der Waals surface area contributed by atoms with E-state index >= 15 is 0 Å². The summed E-state index contributed by atoms with van der Waals surface area (Å²) in [5, 5.41) is 0. The Bertz CT molecular complexity index is 278. The fourth-order valence-electron chi connectivity index (χ4n) is 1.23. The average molecular weight is 234 g/mol. The maximum atomic E-state index is 11.2. The molecule has 0 radical (unpaired) electrons. The molecule has 0 saturated carbocycles. The van der Waals surface area contributed by atoms with E-state index in [2.05, 4.69) is 0 Å². The molecule has 0 saturated heterocycles. The Morgan fingerprint density at radius 1 is 1.13 bits per heavy atom. The molecule has 0 N–H and O–H groups in total. The summed E-state index contributed by atoms with van der Waals surface area (Å²) in [5.41, 5.74) is 0. The first-order chi connectivity index (χ1) is 6.89. The van der Waals surface area contributed by atoms with Crippen LogP contribution in [0.5, 0.6) is 0 Å². The van der Waals surface area contributed by atoms with Crippen molar-refractivity contribution in [1.82, 2.24) is 0 Å². The van der Waals surface area contributed by atoms with Gasteiger partial charge >= 0.3 is 0 Å². The maximum absolute atomic E-state index is 11.2. The molecule has 15 heavy (non-hydrogen) atoms. The van der Waals surface area contributed by atoms with Crippen LogP contribution in [0.4, 0.5) is 0 Å². The molecule has 90 valence electrons. The van der Waals surface area contributed by atoms with Gasteiger partial charge in [0.25, 0.3) is 0 Å². The Labute approximate surface area is 93.2 Å². The van der Waals surface area contributed by atoms with Gasteiger partial charge in [-0.1, -0.05) is 27.2 Å². The minimum absolute atomic E-state index is 0.101. The van der Waals surface area contributed by atoms with E-state index in [1.54, 1.807) is 6.92 Å². The Morgan fingerprint density at radius 3 is 2.20 bits per heavy atom. The summed E-state index contributed by atoms with van der Waals surface area (Å²) in [6.07, 6.45) is 2.92. The summed E-state index contributed by atoms with van der Waals surface area (Å²) in [6.45, 7) is 5.45. The van der Waals surface area contributed by atoms with E-state index in [9.17, 15) is 13.2 Å². The van der Waals surface area contributed by atoms with Crippen LogP contribution in [0.1, 0.15) is 46.5 Å². The molecule has 0 aromatic rings. The first kappa shape index (κ1) is 14.6. The Hall–Kier alpha value is -0.380. The largest absolute Gasteiger partial charge is 0.299 e. The van der Waals surface area contributed by atoms with E-state index in [-0.39, 0.29) is 23.2 Å². The Balaban J connectivity index is 3.53. The van der Waals surface area contributed by atoms with Gasteiger partial charge in [-0.15, -0.1) is 0 Å². The van der Waals surface area contributed by atoms with Crippen LogP contribution in [0.3, 0.4) is 0 Å². The van der Waals surface area contributed by atoms with E-state index in [4.69, 9.17) is 0 Å². The fourth-order valence-corrected chi connectivity index (χ4v) is 2.16. The SMILES string of the molecule is CCS(=O)(=O)CCCCCC(=O)C(C)C. The third kappa shape index (κ3) is 7.54. The van der Waals surface area contributed by atoms with E-state index in [0.717, 1.165) is 12.8 Å². The third-order valence-electron chi connectivity index (χ3n) is 2.46. The summed E-state index contributed by atoms with van der Waals surface area (Å²) in [6, 6.07) is 0. The molecule has 0 rings (SSSR count). The normalized spacial score (nSPS) is 12.0. The number of rotatable bonds is 8. The molecule has 4 heteroatoms. The number of hydrogen-bond donors (Lipinski definition) is 0. The van der Waals surface area contributed by atoms with E-state index in [0.29, 0.717) is 12.8 Å². The summed E-state index contributed by atoms with van der Waals surface area (Å²) in [7, 11) is -2.82. The molecule has 0 aliphatic carbocycles. The van der Waals surface area contributed by atoms with Gasteiger partial charge in [-0.2, -0.15) is 0 Å². The van der Waals surface area contributed by atoms with Gasteiger partial charge in [-0.25, -0.2) is 8.42 Å². The molecule has 0 spiro atoms. The third-order valence-corrected chi connectivity index (χ3v) is 4.25. The number of hydrogen-bond acceptors (Lipinski definition) is 3. The van der Waals surface area contributed by atoms with Gasteiger partial charge in [0, 0.05) is 18.1 Å². The Morgan fingerprint density at radius 2 is 1.73 bits per heavy atom. The molecule has 0 amide bonds. The molecule has 3 nitrogen and oxygen atoms in total. The molecular formula is C11H22O3S. The molecule has 0 unspecified atom stereocenters. The van der Waals surface area contributed by atoms with Crippen LogP contribution in [0, 0.1) is 5.92 Å². The van der Waals surface area contributed by atoms with Gasteiger partial charge in [0.2, 0.25) is 0 Å². The van der Waals surface area contributed by atoms with Crippen molar-refractivity contribution < 1.29 is 13.2 Å². The number of Topliss-reactive ketones (excluding diaryl/α,β-unsaturated/α-hetero) is 1. The molecule has 0 aliphatic rings. The number of carbonyl (C=O) groups excluding carboxylic acids is 1. The highest BCUT2D eigenvalue weighted by molar-refractivity contribution is 7.91. The van der Waals surface area contributed by atoms with Crippen LogP contribution < -0.4 is 0 Å². The van der Waals surface area contributed by atoms with Crippen LogP contribution in [0.15, 0.2) is 0 Å². The lowest BCUT2D eigenvalue weighted by atomic mass is 10.0. The van der Waals surface area contributed by atoms with Crippen molar-refractivity contribution in [1.29, 1.82) is 0 Å². The van der Waals surface area contributed by atoms with Crippen molar-refractivity contribution in [3.05, 3.63) is 0 Å². The van der Waals surface area contributed by atoms with Crippen molar-refractivity contribution >= 4 is 15.6 Å². The van der Waals surface area contributed by atoms with Crippen molar-refractivity contribution in [2.24, 2.45) is 5.92 Å². The first-order valence-corrected chi connectivity index (χ1v) is 7.44. The summed E-state index contributed by atoms with van der Waals surface area (Å²) in [5.74, 6) is 0.856. The molecule has 0 fully saturated rings. The monoisotopic (exact) mass is 234 g/mol. The number of carbonyl (C=O) groups is 1. The van der Waals surface area contributed by atoms with Gasteiger partial charge in [-0.05, 0) is 12.8 Å². The van der Waals surface area contributed by atoms with Crippen LogP contribution in [0.25, 0.3) is 0 Å². The highest BCUT2D eigenvalue weighted by atomic mass is 32.2. The van der Waals surface area contributed by atoms with Crippen molar-refractivity contribution in [2.45, 2.75) is 46.5 Å². The highest BCUT2D eigenvalue weighted by Gasteiger charge is 2.08. The van der Waals surface area contributed by atoms with Crippen molar-refractivity contribution in [2.75, 3.05) is 11.5 Å². The lowest BCUT2D eigenvalue weighted by molar-refractivity contribution is -0.122. The maximum Gasteiger partial charge on any atom is 0.150 e. The summed E-state index contributed by atoms with van der Waals surface area (Å²) < 4.78 is 22.3. The minimum Gasteiger partial charge on any atom is -0.299 e. The van der Waals surface area contributed by atoms with Gasteiger partial charge in [0.15, 0.2) is 0 Å². The molecule has 0 bridgehead atoms. The fraction of sp³-hybridized carbons (Fsp3) is 0.909. The predicted octanol–water partition coefficient (Wildman–Crippen LogP) is 2.21. The van der Waals surface area contributed by atoms with E-state index < -0.39 is 9.84 Å². The smallest absolute Gasteiger partial charge is 0.150 e. The van der Waals surface area contributed by atoms with Crippen molar-refractivity contribution in [3.63, 3.8) is 0 Å². The molecule has 0 atom stereocenters. The van der Waals surface area contributed by atoms with Crippen LogP contribution in [-0.2, 0) is 14.6 Å². The molecule has 0 heterocycles. The van der Waals surface area contributed by atoms with Crippen LogP contribution >= 0.6 is 0 Å². The topological polar surface area (TPSA) is 51.2 Å². The second kappa shape index (κ2) is 6.99. The standard InChI is InChI=1S/C11H22O3S/c1-4-15(13,14)9-7-5-6-8-11(12)10(2)3/h10H,4-9H2,1-3H3. The zero-order chi connectivity index (χ0) is 11.9. The van der Waals surface area contributed by atoms with Gasteiger partial charge < -0.3 is 0 Å². The second-order valence-electron chi connectivity index (χ2n) is 4.17. The Kier molecular flexibility index (Phi) is 6.81. The summed E-state index contributed by atoms with van der Waals surface area (Å²) in [4.78, 5) is 11.2. The highest BCUT2D eigenvalue weighted by Crippen LogP contribution is 2.07. The second-order valence-corrected chi connectivity index (χ2v) is 6.64. The lowest BCUT2D eigenvalue weighted by Crippen LogP contribution is -2.09. The first-order valence-electron chi connectivity index (χ1n) is 5.62. The van der Waals surface area contributed by atoms with Gasteiger partial charge in [0.1, 0.15) is 15.6 Å². The van der Waals surface area contributed by atoms with Crippen LogP contribution in [0.2, 0.25) is 0 Å². The zero-order valence-electron chi connectivity index (χ0n) is 9.95. The molecule has 0 aliphatic heterocycles. The zero-order valence-corrected chi connectivity index (χ0v) is 10.8. The molecular weight excluding hydrogens is 212 g/mol. The van der Waals surface area contributed by atoms with Gasteiger partial charge in [-0.3, -0.25) is 4.79 Å². The number of ketones is 1. The van der Waals surface area contributed by atoms with Crippen LogP contribution in [-0.4, -0.2) is 25.7 Å². The van der Waals surface area contributed by atoms with Gasteiger partial charge in [0.05, 0.1) is 5.75 Å². The number of sulfone groups is 1. The molecule has 0 aromatic heterocycles. The van der Waals surface area contributed by atoms with E-state index in [1.807, 2.05) is 13.8 Å². The van der Waals surface area contributed by atoms with Crippen molar-refractivity contribution in [3.8, 4) is 0 Å². The quantitative estimate of drug-likeness (QED) is 0.605. The van der Waals surface area contributed by atoms with E-state index in [1.165, 1.54) is 0 Å².